The second-order valence-electron chi connectivity index (χ2n) is 15.2. The number of anilines is 1. The molecule has 0 spiro atoms. The van der Waals surface area contributed by atoms with Crippen molar-refractivity contribution >= 4 is 55.3 Å². The molecule has 2 aliphatic carbocycles. The number of alkyl halides is 4. The van der Waals surface area contributed by atoms with E-state index in [9.17, 15) is 40.0 Å². The van der Waals surface area contributed by atoms with Gasteiger partial charge in [0.25, 0.3) is 17.9 Å². The van der Waals surface area contributed by atoms with Crippen LogP contribution in [0, 0.1) is 29.2 Å². The summed E-state index contributed by atoms with van der Waals surface area (Å²) in [5.74, 6) is -11.5. The molecule has 326 valence electrons. The van der Waals surface area contributed by atoms with Gasteiger partial charge >= 0.3 is 0 Å². The standard InChI is InChI=1S/C40H28ClF8N9O4S/c1-56-33-28(8-6-24(41)31(33)37(54-56)55-63(2,61)62)58-38(52-36-21(39(58)60)5-7-26(51-36)20-4-3-17(42)13-25(20)45)27(11-16-9-18(43)12-19(44)10-16)50-29(59)15-57-34-30(32(53-57)35(46)47)22-14-23(22)40(34,48)49/h3-10,12-13,22-23,27,35H,11,14-15H2,1-2H3,(H,50,59)(H,54,55)/t22?,23?,27-/m0/s1. The number of nitrogens with zero attached hydrogens (tertiary/aromatic N) is 7. The van der Waals surface area contributed by atoms with Gasteiger partial charge < -0.3 is 5.32 Å². The minimum atomic E-state index is -3.96. The summed E-state index contributed by atoms with van der Waals surface area (Å²) in [5, 5.41) is 10.2. The summed E-state index contributed by atoms with van der Waals surface area (Å²) in [7, 11) is -2.57. The molecule has 9 rings (SSSR count). The molecule has 0 radical (unpaired) electrons. The number of aromatic nitrogens is 7. The highest BCUT2D eigenvalue weighted by molar-refractivity contribution is 7.92. The first-order valence-electron chi connectivity index (χ1n) is 18.7. The molecule has 23 heteroatoms. The van der Waals surface area contributed by atoms with Gasteiger partial charge in [-0.15, -0.1) is 0 Å². The second kappa shape index (κ2) is 14.9. The lowest BCUT2D eigenvalue weighted by molar-refractivity contribution is -0.123. The van der Waals surface area contributed by atoms with Gasteiger partial charge in [-0.05, 0) is 66.4 Å². The first-order valence-corrected chi connectivity index (χ1v) is 21.0. The quantitative estimate of drug-likeness (QED) is 0.128. The van der Waals surface area contributed by atoms with Crippen molar-refractivity contribution in [3.05, 3.63) is 128 Å². The average Bonchev–Trinajstić information content (AvgIpc) is 3.72. The number of hydrogen-bond acceptors (Lipinski definition) is 8. The first kappa shape index (κ1) is 41.9. The zero-order valence-electron chi connectivity index (χ0n) is 32.3. The van der Waals surface area contributed by atoms with E-state index in [-0.39, 0.29) is 67.3 Å². The minimum Gasteiger partial charge on any atom is -0.344 e. The molecular formula is C40H28ClF8N9O4S. The lowest BCUT2D eigenvalue weighted by Gasteiger charge is -2.24. The summed E-state index contributed by atoms with van der Waals surface area (Å²) in [6.07, 6.45) is -3.01. The van der Waals surface area contributed by atoms with Gasteiger partial charge in [0.2, 0.25) is 15.9 Å². The molecular weight excluding hydrogens is 890 g/mol. The van der Waals surface area contributed by atoms with Crippen LogP contribution in [-0.4, -0.2) is 54.7 Å². The van der Waals surface area contributed by atoms with Crippen molar-refractivity contribution in [2.45, 2.75) is 43.7 Å². The molecule has 4 heterocycles. The van der Waals surface area contributed by atoms with Crippen LogP contribution >= 0.6 is 11.6 Å². The Hall–Kier alpha value is -6.42. The number of pyridine rings is 1. The summed E-state index contributed by atoms with van der Waals surface area (Å²) in [5.41, 5.74) is -3.90. The largest absolute Gasteiger partial charge is 0.344 e. The Morgan fingerprint density at radius 1 is 0.968 bits per heavy atom. The van der Waals surface area contributed by atoms with E-state index in [1.54, 1.807) is 0 Å². The zero-order chi connectivity index (χ0) is 45.0. The molecule has 0 aliphatic heterocycles. The van der Waals surface area contributed by atoms with Crippen LogP contribution in [0.2, 0.25) is 5.02 Å². The van der Waals surface area contributed by atoms with E-state index in [0.717, 1.165) is 35.1 Å². The van der Waals surface area contributed by atoms with Crippen molar-refractivity contribution in [3.8, 4) is 16.9 Å². The lowest BCUT2D eigenvalue weighted by atomic mass is 10.0. The molecule has 2 unspecified atom stereocenters. The number of benzene rings is 3. The number of amides is 1. The highest BCUT2D eigenvalue weighted by Gasteiger charge is 2.67. The van der Waals surface area contributed by atoms with Crippen LogP contribution < -0.4 is 15.6 Å². The summed E-state index contributed by atoms with van der Waals surface area (Å²) in [6.45, 7) is -1.06. The van der Waals surface area contributed by atoms with Crippen molar-refractivity contribution in [3.63, 3.8) is 0 Å². The van der Waals surface area contributed by atoms with Crippen molar-refractivity contribution in [1.29, 1.82) is 0 Å². The van der Waals surface area contributed by atoms with Crippen LogP contribution in [-0.2, 0) is 40.8 Å². The Morgan fingerprint density at radius 3 is 2.38 bits per heavy atom. The molecule has 3 aromatic carbocycles. The summed E-state index contributed by atoms with van der Waals surface area (Å²) < 4.78 is 147. The van der Waals surface area contributed by atoms with E-state index < -0.39 is 105 Å². The van der Waals surface area contributed by atoms with Gasteiger partial charge in [-0.25, -0.2) is 44.7 Å². The Bertz CT molecular complexity index is 3250. The highest BCUT2D eigenvalue weighted by atomic mass is 35.5. The third kappa shape index (κ3) is 7.33. The van der Waals surface area contributed by atoms with Gasteiger partial charge in [-0.1, -0.05) is 11.6 Å². The van der Waals surface area contributed by atoms with Gasteiger partial charge in [-0.3, -0.25) is 28.2 Å². The number of fused-ring (bicyclic) bond motifs is 5. The van der Waals surface area contributed by atoms with Gasteiger partial charge in [0, 0.05) is 42.6 Å². The molecule has 0 bridgehead atoms. The van der Waals surface area contributed by atoms with Crippen molar-refractivity contribution in [1.82, 2.24) is 39.4 Å². The Balaban J connectivity index is 1.26. The van der Waals surface area contributed by atoms with Crippen molar-refractivity contribution < 1.29 is 48.3 Å². The molecule has 2 N–H and O–H groups in total. The highest BCUT2D eigenvalue weighted by Crippen LogP contribution is 2.68. The predicted molar refractivity (Wildman–Crippen MR) is 211 cm³/mol. The number of halogens is 9. The minimum absolute atomic E-state index is 0.00516. The average molecular weight is 918 g/mol. The van der Waals surface area contributed by atoms with E-state index in [0.29, 0.717) is 16.8 Å². The zero-order valence-corrected chi connectivity index (χ0v) is 33.9. The van der Waals surface area contributed by atoms with E-state index >= 15 is 13.2 Å². The van der Waals surface area contributed by atoms with Crippen LogP contribution in [0.3, 0.4) is 0 Å². The van der Waals surface area contributed by atoms with Crippen LogP contribution in [0.5, 0.6) is 0 Å². The van der Waals surface area contributed by atoms with Gasteiger partial charge in [0.15, 0.2) is 11.5 Å². The normalized spacial score (nSPS) is 17.0. The maximum Gasteiger partial charge on any atom is 0.293 e. The van der Waals surface area contributed by atoms with Gasteiger partial charge in [0.1, 0.15) is 47.0 Å². The molecule has 4 aromatic heterocycles. The molecule has 13 nitrogen and oxygen atoms in total. The van der Waals surface area contributed by atoms with Crippen LogP contribution in [0.1, 0.15) is 53.1 Å². The Morgan fingerprint density at radius 2 is 1.70 bits per heavy atom. The molecule has 63 heavy (non-hydrogen) atoms. The molecule has 1 amide bonds. The van der Waals surface area contributed by atoms with Gasteiger partial charge in [0.05, 0.1) is 45.0 Å². The SMILES string of the molecule is Cn1nc(NS(C)(=O)=O)c2c(Cl)ccc(-n3c([C@H](Cc4cc(F)cc(F)c4)NC(=O)Cn4nc(C(F)F)c5c4C(F)(F)C4CC54)nc4nc(-c5ccc(F)cc5F)ccc4c3=O)c21. The molecule has 2 aliphatic rings. The van der Waals surface area contributed by atoms with Crippen molar-refractivity contribution in [2.24, 2.45) is 13.0 Å². The summed E-state index contributed by atoms with van der Waals surface area (Å²) in [4.78, 5) is 38.0. The maximum atomic E-state index is 15.5. The maximum absolute atomic E-state index is 15.5. The third-order valence-electron chi connectivity index (χ3n) is 10.9. The molecule has 3 atom stereocenters. The van der Waals surface area contributed by atoms with Crippen molar-refractivity contribution in [2.75, 3.05) is 11.0 Å². The Kier molecular flexibility index (Phi) is 9.88. The fraction of sp³-hybridized carbons (Fsp3) is 0.250. The van der Waals surface area contributed by atoms with E-state index in [1.165, 1.54) is 36.0 Å². The van der Waals surface area contributed by atoms with E-state index in [2.05, 4.69) is 30.2 Å². The third-order valence-corrected chi connectivity index (χ3v) is 11.8. The number of aryl methyl sites for hydroxylation is 1. The van der Waals surface area contributed by atoms with Crippen LogP contribution in [0.4, 0.5) is 40.9 Å². The number of hydrogen-bond donors (Lipinski definition) is 2. The summed E-state index contributed by atoms with van der Waals surface area (Å²) >= 11 is 6.58. The Labute approximate surface area is 354 Å². The van der Waals surface area contributed by atoms with Crippen LogP contribution in [0.15, 0.2) is 65.5 Å². The lowest BCUT2D eigenvalue weighted by Crippen LogP contribution is -2.38. The number of carbonyl (C=O) groups is 1. The molecule has 7 aromatic rings. The number of nitrogens with one attached hydrogen (secondary N) is 2. The summed E-state index contributed by atoms with van der Waals surface area (Å²) in [6, 6.07) is 8.51. The van der Waals surface area contributed by atoms with E-state index in [4.69, 9.17) is 11.6 Å². The van der Waals surface area contributed by atoms with E-state index in [1.807, 2.05) is 0 Å². The van der Waals surface area contributed by atoms with Crippen LogP contribution in [0.25, 0.3) is 38.9 Å². The number of carbonyl (C=O) groups excluding carboxylic acids is 1. The monoisotopic (exact) mass is 917 g/mol. The number of sulfonamides is 1. The fourth-order valence-electron chi connectivity index (χ4n) is 8.31. The smallest absolute Gasteiger partial charge is 0.293 e. The predicted octanol–water partition coefficient (Wildman–Crippen LogP) is 7.36. The second-order valence-corrected chi connectivity index (χ2v) is 17.4. The topological polar surface area (TPSA) is 159 Å². The first-order chi connectivity index (χ1) is 29.7. The molecule has 1 saturated carbocycles. The van der Waals surface area contributed by atoms with Gasteiger partial charge in [-0.2, -0.15) is 19.0 Å². The molecule has 0 saturated heterocycles. The fourth-order valence-corrected chi connectivity index (χ4v) is 9.04. The molecule has 1 fully saturated rings. The number of rotatable bonds is 11.